The van der Waals surface area contributed by atoms with Gasteiger partial charge in [0.1, 0.15) is 12.6 Å². The number of nitrogens with one attached hydrogen (secondary N) is 1. The van der Waals surface area contributed by atoms with Crippen LogP contribution in [0.4, 0.5) is 5.69 Å². The van der Waals surface area contributed by atoms with Gasteiger partial charge >= 0.3 is 0 Å². The molecule has 7 nitrogen and oxygen atoms in total. The minimum Gasteiger partial charge on any atom is -0.354 e. The van der Waals surface area contributed by atoms with Crippen molar-refractivity contribution in [2.24, 2.45) is 0 Å². The van der Waals surface area contributed by atoms with Crippen LogP contribution in [-0.2, 0) is 26.2 Å². The molecular weight excluding hydrogens is 593 g/mol. The Morgan fingerprint density at radius 2 is 1.60 bits per heavy atom. The molecule has 0 heterocycles. The van der Waals surface area contributed by atoms with Crippen LogP contribution < -0.4 is 9.62 Å². The number of amides is 2. The van der Waals surface area contributed by atoms with Gasteiger partial charge < -0.3 is 10.2 Å². The number of carbonyl (C=O) groups excluding carboxylic acids is 2. The molecular formula is C29H32Cl3N3O4S. The molecule has 0 aliphatic rings. The molecule has 0 saturated heterocycles. The van der Waals surface area contributed by atoms with E-state index < -0.39 is 28.5 Å². The smallest absolute Gasteiger partial charge is 0.264 e. The van der Waals surface area contributed by atoms with Crippen LogP contribution in [0.1, 0.15) is 37.0 Å². The molecule has 11 heteroatoms. The highest BCUT2D eigenvalue weighted by molar-refractivity contribution is 7.92. The molecule has 3 rings (SSSR count). The minimum atomic E-state index is -4.18. The third-order valence-electron chi connectivity index (χ3n) is 6.37. The van der Waals surface area contributed by atoms with E-state index in [4.69, 9.17) is 34.8 Å². The first-order chi connectivity index (χ1) is 18.8. The van der Waals surface area contributed by atoms with E-state index in [9.17, 15) is 18.0 Å². The summed E-state index contributed by atoms with van der Waals surface area (Å²) in [5.74, 6) is -0.930. The van der Waals surface area contributed by atoms with E-state index in [-0.39, 0.29) is 17.3 Å². The first-order valence-corrected chi connectivity index (χ1v) is 15.3. The fraction of sp³-hybridized carbons (Fsp3) is 0.310. The Morgan fingerprint density at radius 3 is 2.20 bits per heavy atom. The van der Waals surface area contributed by atoms with Crippen molar-refractivity contribution in [1.82, 2.24) is 10.2 Å². The summed E-state index contributed by atoms with van der Waals surface area (Å²) in [6, 6.07) is 15.2. The molecule has 3 aromatic carbocycles. The zero-order valence-electron chi connectivity index (χ0n) is 22.7. The van der Waals surface area contributed by atoms with E-state index in [1.807, 2.05) is 13.8 Å². The van der Waals surface area contributed by atoms with Crippen molar-refractivity contribution < 1.29 is 18.0 Å². The van der Waals surface area contributed by atoms with Crippen molar-refractivity contribution in [3.8, 4) is 0 Å². The first kappa shape index (κ1) is 31.7. The monoisotopic (exact) mass is 623 g/mol. The van der Waals surface area contributed by atoms with Gasteiger partial charge in [0.15, 0.2) is 0 Å². The third-order valence-corrected chi connectivity index (χ3v) is 9.12. The van der Waals surface area contributed by atoms with Gasteiger partial charge in [-0.25, -0.2) is 8.42 Å². The fourth-order valence-corrected chi connectivity index (χ4v) is 6.09. The number of anilines is 1. The number of hydrogen-bond donors (Lipinski definition) is 1. The second-order valence-electron chi connectivity index (χ2n) is 9.49. The summed E-state index contributed by atoms with van der Waals surface area (Å²) in [5.41, 5.74) is 2.40. The van der Waals surface area contributed by atoms with E-state index >= 15 is 0 Å². The van der Waals surface area contributed by atoms with Gasteiger partial charge in [0.25, 0.3) is 10.0 Å². The van der Waals surface area contributed by atoms with Gasteiger partial charge in [0, 0.05) is 18.1 Å². The van der Waals surface area contributed by atoms with Crippen molar-refractivity contribution in [1.29, 1.82) is 0 Å². The Bertz CT molecular complexity index is 1480. The molecule has 0 unspecified atom stereocenters. The van der Waals surface area contributed by atoms with Crippen LogP contribution in [-0.4, -0.2) is 44.3 Å². The Labute approximate surface area is 251 Å². The molecule has 3 aromatic rings. The molecule has 214 valence electrons. The number of nitrogens with zero attached hydrogens (tertiary/aromatic N) is 2. The van der Waals surface area contributed by atoms with E-state index in [0.29, 0.717) is 38.4 Å². The second kappa shape index (κ2) is 13.7. The number of sulfonamides is 1. The normalized spacial score (nSPS) is 12.1. The van der Waals surface area contributed by atoms with Crippen LogP contribution in [0.3, 0.4) is 0 Å². The summed E-state index contributed by atoms with van der Waals surface area (Å²) in [5, 5.41) is 3.90. The van der Waals surface area contributed by atoms with Gasteiger partial charge in [-0.05, 0) is 80.8 Å². The topological polar surface area (TPSA) is 86.8 Å². The molecule has 0 bridgehead atoms. The van der Waals surface area contributed by atoms with Crippen molar-refractivity contribution in [2.75, 3.05) is 17.4 Å². The molecule has 40 heavy (non-hydrogen) atoms. The molecule has 0 aromatic heterocycles. The lowest BCUT2D eigenvalue weighted by Gasteiger charge is -2.32. The zero-order valence-corrected chi connectivity index (χ0v) is 25.8. The summed E-state index contributed by atoms with van der Waals surface area (Å²) in [6.45, 7) is 7.00. The number of benzene rings is 3. The highest BCUT2D eigenvalue weighted by Crippen LogP contribution is 2.30. The first-order valence-electron chi connectivity index (χ1n) is 12.7. The minimum absolute atomic E-state index is 0.00839. The molecule has 0 spiro atoms. The average Bonchev–Trinajstić information content (AvgIpc) is 2.91. The molecule has 1 atom stereocenters. The van der Waals surface area contributed by atoms with Crippen LogP contribution in [0.5, 0.6) is 0 Å². The zero-order chi connectivity index (χ0) is 29.6. The SMILES string of the molecule is CCCNC(=O)[C@H](C)N(Cc1ccc(Cl)c(Cl)c1)C(=O)CN(c1ccc(Cl)cc1C)S(=O)(=O)c1ccc(C)cc1. The molecule has 1 N–H and O–H groups in total. The van der Waals surface area contributed by atoms with Crippen molar-refractivity contribution >= 4 is 62.3 Å². The highest BCUT2D eigenvalue weighted by Gasteiger charge is 2.33. The number of rotatable bonds is 11. The van der Waals surface area contributed by atoms with Crippen LogP contribution in [0.2, 0.25) is 15.1 Å². The Balaban J connectivity index is 2.06. The molecule has 0 aliphatic carbocycles. The predicted octanol–water partition coefficient (Wildman–Crippen LogP) is 6.40. The largest absolute Gasteiger partial charge is 0.354 e. The third kappa shape index (κ3) is 7.69. The maximum atomic E-state index is 14.0. The summed E-state index contributed by atoms with van der Waals surface area (Å²) in [7, 11) is -4.18. The Hall–Kier alpha value is -2.78. The number of hydrogen-bond acceptors (Lipinski definition) is 4. The van der Waals surface area contributed by atoms with Crippen LogP contribution in [0, 0.1) is 13.8 Å². The van der Waals surface area contributed by atoms with Crippen molar-refractivity contribution in [2.45, 2.75) is 51.6 Å². The van der Waals surface area contributed by atoms with Crippen LogP contribution >= 0.6 is 34.8 Å². The van der Waals surface area contributed by atoms with Crippen LogP contribution in [0.15, 0.2) is 65.6 Å². The summed E-state index contributed by atoms with van der Waals surface area (Å²) in [4.78, 5) is 28.3. The van der Waals surface area contributed by atoms with E-state index in [1.165, 1.54) is 17.0 Å². The molecule has 2 amide bonds. The van der Waals surface area contributed by atoms with Gasteiger partial charge in [0.2, 0.25) is 11.8 Å². The summed E-state index contributed by atoms with van der Waals surface area (Å²) in [6.07, 6.45) is 0.720. The average molecular weight is 625 g/mol. The van der Waals surface area contributed by atoms with E-state index in [1.54, 1.807) is 62.4 Å². The number of aryl methyl sites for hydroxylation is 2. The molecule has 0 saturated carbocycles. The van der Waals surface area contributed by atoms with Gasteiger partial charge in [0.05, 0.1) is 20.6 Å². The predicted molar refractivity (Wildman–Crippen MR) is 162 cm³/mol. The van der Waals surface area contributed by atoms with Crippen molar-refractivity contribution in [3.63, 3.8) is 0 Å². The Morgan fingerprint density at radius 1 is 0.925 bits per heavy atom. The van der Waals surface area contributed by atoms with Gasteiger partial charge in [-0.3, -0.25) is 13.9 Å². The maximum Gasteiger partial charge on any atom is 0.264 e. The highest BCUT2D eigenvalue weighted by atomic mass is 35.5. The molecule has 0 aliphatic heterocycles. The van der Waals surface area contributed by atoms with Crippen molar-refractivity contribution in [3.05, 3.63) is 92.4 Å². The molecule has 0 fully saturated rings. The lowest BCUT2D eigenvalue weighted by atomic mass is 10.1. The lowest BCUT2D eigenvalue weighted by molar-refractivity contribution is -0.139. The van der Waals surface area contributed by atoms with Gasteiger partial charge in [-0.15, -0.1) is 0 Å². The quantitative estimate of drug-likeness (QED) is 0.267. The fourth-order valence-electron chi connectivity index (χ4n) is 4.06. The Kier molecular flexibility index (Phi) is 10.9. The van der Waals surface area contributed by atoms with Crippen LogP contribution in [0.25, 0.3) is 0 Å². The van der Waals surface area contributed by atoms with Gasteiger partial charge in [-0.2, -0.15) is 0 Å². The lowest BCUT2D eigenvalue weighted by Crippen LogP contribution is -2.51. The number of halogens is 3. The maximum absolute atomic E-state index is 14.0. The summed E-state index contributed by atoms with van der Waals surface area (Å²) < 4.78 is 28.9. The van der Waals surface area contributed by atoms with E-state index in [2.05, 4.69) is 5.32 Å². The second-order valence-corrected chi connectivity index (χ2v) is 12.6. The summed E-state index contributed by atoms with van der Waals surface area (Å²) >= 11 is 18.4. The molecule has 0 radical (unpaired) electrons. The number of carbonyl (C=O) groups is 2. The standard InChI is InChI=1S/C29H32Cl3N3O4S/c1-5-14-33-29(37)21(4)34(17-22-8-12-25(31)26(32)16-22)28(36)18-35(27-13-9-23(30)15-20(27)3)40(38,39)24-10-6-19(2)7-11-24/h6-13,15-16,21H,5,14,17-18H2,1-4H3,(H,33,37)/t21-/m0/s1. The van der Waals surface area contributed by atoms with Gasteiger partial charge in [-0.1, -0.05) is 65.5 Å². The van der Waals surface area contributed by atoms with E-state index in [0.717, 1.165) is 16.3 Å².